The molecule has 0 bridgehead atoms. The molecule has 1 heteroatoms. The molecular formula is C12H16O. The lowest BCUT2D eigenvalue weighted by Crippen LogP contribution is -2.17. The third-order valence-electron chi connectivity index (χ3n) is 3.19. The van der Waals surface area contributed by atoms with Crippen LogP contribution < -0.4 is 0 Å². The van der Waals surface area contributed by atoms with Gasteiger partial charge in [0.1, 0.15) is 0 Å². The highest BCUT2D eigenvalue weighted by Crippen LogP contribution is 2.38. The molecule has 0 amide bonds. The molecule has 1 spiro atoms. The summed E-state index contributed by atoms with van der Waals surface area (Å²) in [6, 6.07) is 0. The Morgan fingerprint density at radius 2 is 1.46 bits per heavy atom. The van der Waals surface area contributed by atoms with E-state index in [0.717, 1.165) is 0 Å². The topological polar surface area (TPSA) is 17.1 Å². The van der Waals surface area contributed by atoms with Crippen LogP contribution in [0.4, 0.5) is 0 Å². The first-order chi connectivity index (χ1) is 6.31. The van der Waals surface area contributed by atoms with Gasteiger partial charge in [-0.1, -0.05) is 37.8 Å². The van der Waals surface area contributed by atoms with Gasteiger partial charge in [-0.25, -0.2) is 0 Å². The molecule has 70 valence electrons. The van der Waals surface area contributed by atoms with E-state index in [0.29, 0.717) is 0 Å². The number of carbonyl (C=O) groups is 1. The lowest BCUT2D eigenvalue weighted by molar-refractivity contribution is -0.110. The number of hydrogen-bond donors (Lipinski definition) is 0. The molecule has 0 aromatic rings. The molecule has 13 heavy (non-hydrogen) atoms. The highest BCUT2D eigenvalue weighted by molar-refractivity contribution is 6.00. The molecule has 0 heterocycles. The van der Waals surface area contributed by atoms with E-state index in [2.05, 4.69) is 12.2 Å². The summed E-state index contributed by atoms with van der Waals surface area (Å²) < 4.78 is 0. The van der Waals surface area contributed by atoms with Crippen molar-refractivity contribution in [3.05, 3.63) is 24.3 Å². The summed E-state index contributed by atoms with van der Waals surface area (Å²) in [5.74, 6) is 0.148. The second kappa shape index (κ2) is 3.49. The van der Waals surface area contributed by atoms with Crippen LogP contribution in [0.1, 0.15) is 38.5 Å². The van der Waals surface area contributed by atoms with Gasteiger partial charge in [0.05, 0.1) is 0 Å². The van der Waals surface area contributed by atoms with Gasteiger partial charge in [-0.15, -0.1) is 0 Å². The fourth-order valence-electron chi connectivity index (χ4n) is 2.33. The van der Waals surface area contributed by atoms with E-state index in [-0.39, 0.29) is 11.2 Å². The Hall–Kier alpha value is -0.850. The maximum atomic E-state index is 11.0. The molecule has 2 rings (SSSR count). The Bertz CT molecular complexity index is 234. The minimum Gasteiger partial charge on any atom is -0.290 e. The molecule has 0 aliphatic heterocycles. The van der Waals surface area contributed by atoms with Gasteiger partial charge in [0.25, 0.3) is 0 Å². The Balaban J connectivity index is 2.14. The van der Waals surface area contributed by atoms with E-state index in [1.165, 1.54) is 38.5 Å². The zero-order valence-electron chi connectivity index (χ0n) is 7.96. The van der Waals surface area contributed by atoms with Crippen LogP contribution in [-0.4, -0.2) is 5.78 Å². The molecule has 0 N–H and O–H groups in total. The van der Waals surface area contributed by atoms with E-state index in [4.69, 9.17) is 0 Å². The van der Waals surface area contributed by atoms with Crippen molar-refractivity contribution >= 4 is 5.78 Å². The standard InChI is InChI=1S/C12H16O/c13-11-5-9-12(10-6-11)7-3-1-2-4-8-12/h5-6,9-10H,1-4,7-8H2. The minimum absolute atomic E-state index is 0.148. The third-order valence-corrected chi connectivity index (χ3v) is 3.19. The highest BCUT2D eigenvalue weighted by Gasteiger charge is 2.27. The minimum atomic E-state index is 0.148. The molecule has 0 unspecified atom stereocenters. The van der Waals surface area contributed by atoms with Crippen molar-refractivity contribution < 1.29 is 4.79 Å². The molecule has 1 nitrogen and oxygen atoms in total. The summed E-state index contributed by atoms with van der Waals surface area (Å²) >= 11 is 0. The first kappa shape index (κ1) is 8.74. The van der Waals surface area contributed by atoms with Crippen LogP contribution in [0.2, 0.25) is 0 Å². The summed E-state index contributed by atoms with van der Waals surface area (Å²) in [5, 5.41) is 0. The van der Waals surface area contributed by atoms with E-state index < -0.39 is 0 Å². The van der Waals surface area contributed by atoms with Crippen LogP contribution in [0.15, 0.2) is 24.3 Å². The van der Waals surface area contributed by atoms with Crippen LogP contribution in [0.25, 0.3) is 0 Å². The normalized spacial score (nSPS) is 26.3. The van der Waals surface area contributed by atoms with Crippen molar-refractivity contribution in [1.82, 2.24) is 0 Å². The first-order valence-electron chi connectivity index (χ1n) is 5.23. The van der Waals surface area contributed by atoms with Crippen LogP contribution in [0, 0.1) is 5.41 Å². The smallest absolute Gasteiger partial charge is 0.178 e. The Morgan fingerprint density at radius 3 is 2.00 bits per heavy atom. The van der Waals surface area contributed by atoms with E-state index in [9.17, 15) is 4.79 Å². The van der Waals surface area contributed by atoms with Crippen LogP contribution in [0.5, 0.6) is 0 Å². The molecule has 0 radical (unpaired) electrons. The van der Waals surface area contributed by atoms with Gasteiger partial charge >= 0.3 is 0 Å². The lowest BCUT2D eigenvalue weighted by Gasteiger charge is -2.27. The van der Waals surface area contributed by atoms with Crippen molar-refractivity contribution in [3.63, 3.8) is 0 Å². The largest absolute Gasteiger partial charge is 0.290 e. The summed E-state index contributed by atoms with van der Waals surface area (Å²) in [6.45, 7) is 0. The molecule has 0 atom stereocenters. The molecule has 1 fully saturated rings. The van der Waals surface area contributed by atoms with E-state index in [1.807, 2.05) is 0 Å². The average Bonchev–Trinajstić information content (AvgIpc) is 2.37. The number of ketones is 1. The maximum Gasteiger partial charge on any atom is 0.178 e. The zero-order valence-corrected chi connectivity index (χ0v) is 7.96. The molecule has 2 aliphatic carbocycles. The van der Waals surface area contributed by atoms with Gasteiger partial charge in [-0.05, 0) is 25.0 Å². The van der Waals surface area contributed by atoms with Gasteiger partial charge in [0, 0.05) is 5.41 Å². The Kier molecular flexibility index (Phi) is 2.34. The summed E-state index contributed by atoms with van der Waals surface area (Å²) in [7, 11) is 0. The molecular weight excluding hydrogens is 160 g/mol. The van der Waals surface area contributed by atoms with Crippen LogP contribution >= 0.6 is 0 Å². The quantitative estimate of drug-likeness (QED) is 0.554. The van der Waals surface area contributed by atoms with E-state index in [1.54, 1.807) is 12.2 Å². The number of allylic oxidation sites excluding steroid dienone is 4. The Morgan fingerprint density at radius 1 is 0.923 bits per heavy atom. The lowest BCUT2D eigenvalue weighted by atomic mass is 9.77. The zero-order chi connectivity index (χ0) is 9.15. The molecule has 2 aliphatic rings. The van der Waals surface area contributed by atoms with Crippen molar-refractivity contribution in [2.45, 2.75) is 38.5 Å². The van der Waals surface area contributed by atoms with E-state index >= 15 is 0 Å². The highest BCUT2D eigenvalue weighted by atomic mass is 16.1. The van der Waals surface area contributed by atoms with Crippen molar-refractivity contribution in [3.8, 4) is 0 Å². The van der Waals surface area contributed by atoms with Crippen molar-refractivity contribution in [2.24, 2.45) is 5.41 Å². The summed E-state index contributed by atoms with van der Waals surface area (Å²) in [5.41, 5.74) is 0.240. The van der Waals surface area contributed by atoms with Crippen LogP contribution in [0.3, 0.4) is 0 Å². The van der Waals surface area contributed by atoms with Gasteiger partial charge in [-0.3, -0.25) is 4.79 Å². The average molecular weight is 176 g/mol. The van der Waals surface area contributed by atoms with Crippen LogP contribution in [-0.2, 0) is 4.79 Å². The van der Waals surface area contributed by atoms with Gasteiger partial charge in [-0.2, -0.15) is 0 Å². The molecule has 0 aromatic heterocycles. The molecule has 0 aromatic carbocycles. The van der Waals surface area contributed by atoms with Gasteiger partial charge in [0.15, 0.2) is 5.78 Å². The SMILES string of the molecule is O=C1C=CC2(C=C1)CCCCCC2. The predicted molar refractivity (Wildman–Crippen MR) is 53.4 cm³/mol. The fraction of sp³-hybridized carbons (Fsp3) is 0.583. The fourth-order valence-corrected chi connectivity index (χ4v) is 2.33. The monoisotopic (exact) mass is 176 g/mol. The third kappa shape index (κ3) is 1.90. The number of rotatable bonds is 0. The summed E-state index contributed by atoms with van der Waals surface area (Å²) in [6.07, 6.45) is 15.5. The second-order valence-corrected chi connectivity index (χ2v) is 4.22. The van der Waals surface area contributed by atoms with Crippen molar-refractivity contribution in [1.29, 1.82) is 0 Å². The first-order valence-corrected chi connectivity index (χ1v) is 5.23. The maximum absolute atomic E-state index is 11.0. The molecule has 1 saturated carbocycles. The van der Waals surface area contributed by atoms with Gasteiger partial charge < -0.3 is 0 Å². The van der Waals surface area contributed by atoms with Gasteiger partial charge in [0.2, 0.25) is 0 Å². The number of carbonyl (C=O) groups excluding carboxylic acids is 1. The molecule has 0 saturated heterocycles. The summed E-state index contributed by atoms with van der Waals surface area (Å²) in [4.78, 5) is 11.0. The Labute approximate surface area is 79.5 Å². The number of hydrogen-bond acceptors (Lipinski definition) is 1. The predicted octanol–water partition coefficient (Wildman–Crippen LogP) is 3.02. The second-order valence-electron chi connectivity index (χ2n) is 4.22. The van der Waals surface area contributed by atoms with Crippen molar-refractivity contribution in [2.75, 3.05) is 0 Å².